The summed E-state index contributed by atoms with van der Waals surface area (Å²) in [6.07, 6.45) is 1.07. The van der Waals surface area contributed by atoms with Gasteiger partial charge in [0.1, 0.15) is 5.75 Å². The summed E-state index contributed by atoms with van der Waals surface area (Å²) >= 11 is 0. The average molecular weight is 374 g/mol. The van der Waals surface area contributed by atoms with Crippen molar-refractivity contribution in [2.24, 2.45) is 5.92 Å². The van der Waals surface area contributed by atoms with Crippen LogP contribution in [0.4, 0.5) is 0 Å². The second kappa shape index (κ2) is 7.28. The van der Waals surface area contributed by atoms with Gasteiger partial charge in [-0.1, -0.05) is 23.0 Å². The zero-order chi connectivity index (χ0) is 19.8. The molecule has 2 aromatic rings. The minimum Gasteiger partial charge on any atom is -0.497 e. The van der Waals surface area contributed by atoms with Crippen LogP contribution in [0.2, 0.25) is 0 Å². The lowest BCUT2D eigenvalue weighted by molar-refractivity contribution is 0.353. The van der Waals surface area contributed by atoms with E-state index in [0.717, 1.165) is 29.2 Å². The SMILES string of the molecule is COc1ccc(C#CC2C[C@H]3C(=C(C)C)[C@@H]2c2cc(OC)c(OC)cc23)cc1. The Morgan fingerprint density at radius 2 is 1.54 bits per heavy atom. The first-order valence-corrected chi connectivity index (χ1v) is 9.66. The van der Waals surface area contributed by atoms with Gasteiger partial charge in [0.2, 0.25) is 0 Å². The van der Waals surface area contributed by atoms with Crippen LogP contribution in [0.3, 0.4) is 0 Å². The van der Waals surface area contributed by atoms with Crippen LogP contribution in [0, 0.1) is 17.8 Å². The zero-order valence-corrected chi connectivity index (χ0v) is 17.1. The van der Waals surface area contributed by atoms with Crippen molar-refractivity contribution in [3.63, 3.8) is 0 Å². The Balaban J connectivity index is 1.72. The Hall–Kier alpha value is -2.86. The third kappa shape index (κ3) is 2.94. The predicted molar refractivity (Wildman–Crippen MR) is 111 cm³/mol. The van der Waals surface area contributed by atoms with Gasteiger partial charge in [0.05, 0.1) is 21.3 Å². The highest BCUT2D eigenvalue weighted by molar-refractivity contribution is 5.62. The van der Waals surface area contributed by atoms with Crippen LogP contribution >= 0.6 is 0 Å². The van der Waals surface area contributed by atoms with Gasteiger partial charge in [0.15, 0.2) is 11.5 Å². The smallest absolute Gasteiger partial charge is 0.161 e. The van der Waals surface area contributed by atoms with Crippen LogP contribution in [0.15, 0.2) is 47.5 Å². The summed E-state index contributed by atoms with van der Waals surface area (Å²) < 4.78 is 16.3. The van der Waals surface area contributed by atoms with Crippen LogP contribution < -0.4 is 14.2 Å². The Morgan fingerprint density at radius 3 is 2.11 bits per heavy atom. The lowest BCUT2D eigenvalue weighted by Gasteiger charge is -2.21. The van der Waals surface area contributed by atoms with Gasteiger partial charge in [-0.15, -0.1) is 0 Å². The quantitative estimate of drug-likeness (QED) is 0.539. The molecule has 0 radical (unpaired) electrons. The summed E-state index contributed by atoms with van der Waals surface area (Å²) in [6, 6.07) is 12.3. The number of hydrogen-bond acceptors (Lipinski definition) is 3. The molecule has 0 saturated heterocycles. The maximum Gasteiger partial charge on any atom is 0.161 e. The minimum absolute atomic E-state index is 0.322. The molecule has 1 saturated carbocycles. The molecule has 2 aliphatic carbocycles. The first-order valence-electron chi connectivity index (χ1n) is 9.66. The first kappa shape index (κ1) is 18.5. The molecule has 0 amide bonds. The number of hydrogen-bond donors (Lipinski definition) is 0. The van der Waals surface area contributed by atoms with Gasteiger partial charge in [-0.2, -0.15) is 0 Å². The van der Waals surface area contributed by atoms with Crippen LogP contribution in [0.25, 0.3) is 0 Å². The summed E-state index contributed by atoms with van der Waals surface area (Å²) in [5.41, 5.74) is 6.67. The zero-order valence-electron chi connectivity index (χ0n) is 17.1. The number of rotatable bonds is 3. The van der Waals surface area contributed by atoms with Gasteiger partial charge in [0.25, 0.3) is 0 Å². The summed E-state index contributed by atoms with van der Waals surface area (Å²) in [6.45, 7) is 4.43. The van der Waals surface area contributed by atoms with Crippen molar-refractivity contribution in [3.8, 4) is 29.1 Å². The molecule has 3 nitrogen and oxygen atoms in total. The number of allylic oxidation sites excluding steroid dienone is 2. The fourth-order valence-electron chi connectivity index (χ4n) is 4.76. The van der Waals surface area contributed by atoms with E-state index in [9.17, 15) is 0 Å². The highest BCUT2D eigenvalue weighted by Gasteiger charge is 2.48. The first-order chi connectivity index (χ1) is 13.6. The monoisotopic (exact) mass is 374 g/mol. The standard InChI is InChI=1S/C25H26O3/c1-15(2)24-20-12-17(9-6-16-7-10-18(26-3)11-8-16)25(24)21-14-23(28-5)22(27-4)13-19(20)21/h7-8,10-11,13-14,17,20,25H,12H2,1-5H3/t17?,20-,25+/m1/s1. The fourth-order valence-corrected chi connectivity index (χ4v) is 4.76. The van der Waals surface area contributed by atoms with E-state index in [1.807, 2.05) is 24.3 Å². The van der Waals surface area contributed by atoms with Crippen molar-refractivity contribution in [1.82, 2.24) is 0 Å². The maximum absolute atomic E-state index is 5.56. The number of ether oxygens (including phenoxy) is 3. The highest BCUT2D eigenvalue weighted by atomic mass is 16.5. The molecule has 0 heterocycles. The molecule has 1 unspecified atom stereocenters. The van der Waals surface area contributed by atoms with Crippen LogP contribution in [-0.2, 0) is 0 Å². The Bertz CT molecular complexity index is 985. The second-order valence-corrected chi connectivity index (χ2v) is 7.66. The molecule has 2 aromatic carbocycles. The van der Waals surface area contributed by atoms with E-state index in [4.69, 9.17) is 14.2 Å². The summed E-state index contributed by atoms with van der Waals surface area (Å²) in [5, 5.41) is 0. The molecule has 0 spiro atoms. The molecule has 3 heteroatoms. The summed E-state index contributed by atoms with van der Waals surface area (Å²) in [7, 11) is 5.07. The van der Waals surface area contributed by atoms with Crippen molar-refractivity contribution in [1.29, 1.82) is 0 Å². The normalized spacial score (nSPS) is 21.6. The van der Waals surface area contributed by atoms with Crippen molar-refractivity contribution in [2.75, 3.05) is 21.3 Å². The van der Waals surface area contributed by atoms with Gasteiger partial charge < -0.3 is 14.2 Å². The van der Waals surface area contributed by atoms with Gasteiger partial charge in [-0.05, 0) is 67.8 Å². The topological polar surface area (TPSA) is 27.7 Å². The second-order valence-electron chi connectivity index (χ2n) is 7.66. The summed E-state index contributed by atoms with van der Waals surface area (Å²) in [5.74, 6) is 10.5. The molecule has 0 aliphatic heterocycles. The molecule has 4 rings (SSSR count). The number of fused-ring (bicyclic) bond motifs is 5. The molecule has 1 fully saturated rings. The van der Waals surface area contributed by atoms with E-state index in [2.05, 4.69) is 37.8 Å². The molecule has 3 atom stereocenters. The molecule has 2 bridgehead atoms. The van der Waals surface area contributed by atoms with Gasteiger partial charge in [-0.25, -0.2) is 0 Å². The van der Waals surface area contributed by atoms with Crippen molar-refractivity contribution < 1.29 is 14.2 Å². The molecular weight excluding hydrogens is 348 g/mol. The van der Waals surface area contributed by atoms with E-state index in [0.29, 0.717) is 17.8 Å². The third-order valence-corrected chi connectivity index (χ3v) is 5.97. The fraction of sp³-hybridized carbons (Fsp3) is 0.360. The van der Waals surface area contributed by atoms with Crippen molar-refractivity contribution >= 4 is 0 Å². The Kier molecular flexibility index (Phi) is 4.81. The van der Waals surface area contributed by atoms with Gasteiger partial charge in [-0.3, -0.25) is 0 Å². The van der Waals surface area contributed by atoms with Crippen LogP contribution in [-0.4, -0.2) is 21.3 Å². The van der Waals surface area contributed by atoms with Gasteiger partial charge >= 0.3 is 0 Å². The molecular formula is C25H26O3. The molecule has 0 aromatic heterocycles. The molecule has 2 aliphatic rings. The molecule has 144 valence electrons. The summed E-state index contributed by atoms with van der Waals surface area (Å²) in [4.78, 5) is 0. The lowest BCUT2D eigenvalue weighted by atomic mass is 9.83. The van der Waals surface area contributed by atoms with Crippen LogP contribution in [0.5, 0.6) is 17.2 Å². The Labute approximate surface area is 167 Å². The van der Waals surface area contributed by atoms with Gasteiger partial charge in [0, 0.05) is 23.3 Å². The lowest BCUT2D eigenvalue weighted by Crippen LogP contribution is -2.10. The van der Waals surface area contributed by atoms with Crippen LogP contribution in [0.1, 0.15) is 48.8 Å². The third-order valence-electron chi connectivity index (χ3n) is 5.97. The molecule has 0 N–H and O–H groups in total. The number of benzene rings is 2. The largest absolute Gasteiger partial charge is 0.497 e. The van der Waals surface area contributed by atoms with E-state index < -0.39 is 0 Å². The van der Waals surface area contributed by atoms with E-state index in [1.165, 1.54) is 22.3 Å². The maximum atomic E-state index is 5.56. The predicted octanol–water partition coefficient (Wildman–Crippen LogP) is 5.30. The Morgan fingerprint density at radius 1 is 0.893 bits per heavy atom. The highest BCUT2D eigenvalue weighted by Crippen LogP contribution is 2.62. The van der Waals surface area contributed by atoms with E-state index in [1.54, 1.807) is 21.3 Å². The number of methoxy groups -OCH3 is 3. The molecule has 28 heavy (non-hydrogen) atoms. The average Bonchev–Trinajstić information content (AvgIpc) is 3.25. The van der Waals surface area contributed by atoms with E-state index in [-0.39, 0.29) is 0 Å². The van der Waals surface area contributed by atoms with Crippen molar-refractivity contribution in [2.45, 2.75) is 32.1 Å². The van der Waals surface area contributed by atoms with Crippen molar-refractivity contribution in [3.05, 3.63) is 64.2 Å². The minimum atomic E-state index is 0.322. The van der Waals surface area contributed by atoms with E-state index >= 15 is 0 Å².